The number of aromatic nitrogens is 2. The largest absolute Gasteiger partial charge is 0.379 e. The molecule has 1 aliphatic rings. The molecule has 22 heavy (non-hydrogen) atoms. The van der Waals surface area contributed by atoms with Gasteiger partial charge in [-0.1, -0.05) is 13.3 Å². The zero-order valence-corrected chi connectivity index (χ0v) is 14.1. The molecule has 0 bridgehead atoms. The van der Waals surface area contributed by atoms with Gasteiger partial charge in [0.2, 0.25) is 0 Å². The lowest BCUT2D eigenvalue weighted by atomic mass is 9.90. The lowest BCUT2D eigenvalue weighted by molar-refractivity contribution is 0.100. The highest BCUT2D eigenvalue weighted by molar-refractivity contribution is 9.10. The molecule has 0 saturated carbocycles. The van der Waals surface area contributed by atoms with E-state index in [1.165, 1.54) is 6.20 Å². The van der Waals surface area contributed by atoms with Gasteiger partial charge in [0.15, 0.2) is 0 Å². The normalized spacial score (nSPS) is 21.9. The second-order valence-corrected chi connectivity index (χ2v) is 6.61. The van der Waals surface area contributed by atoms with Crippen LogP contribution in [0.15, 0.2) is 22.9 Å². The first-order valence-electron chi connectivity index (χ1n) is 7.54. The van der Waals surface area contributed by atoms with Gasteiger partial charge in [-0.2, -0.15) is 5.10 Å². The summed E-state index contributed by atoms with van der Waals surface area (Å²) in [6.45, 7) is 4.16. The number of amides is 1. The molecule has 2 atom stereocenters. The van der Waals surface area contributed by atoms with Crippen molar-refractivity contribution < 1.29 is 4.79 Å². The van der Waals surface area contributed by atoms with Crippen LogP contribution in [0.4, 0.5) is 5.69 Å². The minimum atomic E-state index is -0.461. The van der Waals surface area contributed by atoms with E-state index in [-0.39, 0.29) is 0 Å². The second-order valence-electron chi connectivity index (χ2n) is 5.70. The predicted octanol–water partition coefficient (Wildman–Crippen LogP) is 2.00. The van der Waals surface area contributed by atoms with Gasteiger partial charge >= 0.3 is 0 Å². The molecule has 4 N–H and O–H groups in total. The van der Waals surface area contributed by atoms with Crippen molar-refractivity contribution in [3.8, 4) is 0 Å². The minimum absolute atomic E-state index is 0.323. The maximum atomic E-state index is 11.8. The van der Waals surface area contributed by atoms with Crippen LogP contribution in [0.25, 0.3) is 5.52 Å². The summed E-state index contributed by atoms with van der Waals surface area (Å²) in [5.41, 5.74) is 7.60. The van der Waals surface area contributed by atoms with Gasteiger partial charge in [0.25, 0.3) is 5.91 Å². The zero-order chi connectivity index (χ0) is 15.7. The quantitative estimate of drug-likeness (QED) is 0.773. The number of anilines is 1. The van der Waals surface area contributed by atoms with Crippen LogP contribution in [0.3, 0.4) is 0 Å². The summed E-state index contributed by atoms with van der Waals surface area (Å²) in [6.07, 6.45) is 5.51. The summed E-state index contributed by atoms with van der Waals surface area (Å²) in [5, 5.41) is 11.2. The number of primary amides is 1. The molecule has 1 saturated heterocycles. The number of fused-ring (bicyclic) bond motifs is 1. The number of rotatable bonds is 4. The Labute approximate surface area is 137 Å². The van der Waals surface area contributed by atoms with E-state index < -0.39 is 5.91 Å². The highest BCUT2D eigenvalue weighted by atomic mass is 79.9. The summed E-state index contributed by atoms with van der Waals surface area (Å²) in [7, 11) is 0. The van der Waals surface area contributed by atoms with E-state index in [1.54, 1.807) is 4.52 Å². The summed E-state index contributed by atoms with van der Waals surface area (Å²) in [5.74, 6) is 0.0675. The first kappa shape index (κ1) is 15.3. The van der Waals surface area contributed by atoms with Crippen LogP contribution in [-0.2, 0) is 0 Å². The van der Waals surface area contributed by atoms with Crippen LogP contribution in [0.5, 0.6) is 0 Å². The van der Waals surface area contributed by atoms with E-state index in [9.17, 15) is 4.79 Å². The Balaban J connectivity index is 2.03. The average Bonchev–Trinajstić information content (AvgIpc) is 2.88. The molecule has 0 aliphatic carbocycles. The van der Waals surface area contributed by atoms with Crippen LogP contribution in [0.1, 0.15) is 30.1 Å². The lowest BCUT2D eigenvalue weighted by Gasteiger charge is -2.33. The Morgan fingerprint density at radius 1 is 1.64 bits per heavy atom. The van der Waals surface area contributed by atoms with Gasteiger partial charge in [0.1, 0.15) is 0 Å². The van der Waals surface area contributed by atoms with E-state index in [0.717, 1.165) is 41.6 Å². The number of piperidine rings is 1. The van der Waals surface area contributed by atoms with Crippen molar-refractivity contribution in [3.63, 3.8) is 0 Å². The Kier molecular flexibility index (Phi) is 4.35. The fourth-order valence-electron chi connectivity index (χ4n) is 3.09. The maximum Gasteiger partial charge on any atom is 0.252 e. The van der Waals surface area contributed by atoms with Gasteiger partial charge in [0.05, 0.1) is 23.0 Å². The number of nitrogens with two attached hydrogens (primary N) is 1. The minimum Gasteiger partial charge on any atom is -0.379 e. The molecule has 0 spiro atoms. The maximum absolute atomic E-state index is 11.8. The molecule has 0 unspecified atom stereocenters. The van der Waals surface area contributed by atoms with Gasteiger partial charge in [0, 0.05) is 16.7 Å². The van der Waals surface area contributed by atoms with Crippen molar-refractivity contribution >= 4 is 33.0 Å². The Morgan fingerprint density at radius 2 is 2.45 bits per heavy atom. The van der Waals surface area contributed by atoms with Crippen LogP contribution in [0, 0.1) is 5.92 Å². The van der Waals surface area contributed by atoms with Crippen LogP contribution in [0.2, 0.25) is 0 Å². The molecule has 1 aliphatic heterocycles. The summed E-state index contributed by atoms with van der Waals surface area (Å²) in [6, 6.07) is 2.27. The van der Waals surface area contributed by atoms with Gasteiger partial charge in [-0.3, -0.25) is 4.79 Å². The second kappa shape index (κ2) is 6.26. The van der Waals surface area contributed by atoms with E-state index in [4.69, 9.17) is 5.73 Å². The van der Waals surface area contributed by atoms with E-state index >= 15 is 0 Å². The third-order valence-corrected chi connectivity index (χ3v) is 4.76. The van der Waals surface area contributed by atoms with Gasteiger partial charge < -0.3 is 16.4 Å². The van der Waals surface area contributed by atoms with Crippen molar-refractivity contribution in [2.75, 3.05) is 18.4 Å². The van der Waals surface area contributed by atoms with Crippen molar-refractivity contribution in [3.05, 3.63) is 28.5 Å². The molecule has 3 heterocycles. The summed E-state index contributed by atoms with van der Waals surface area (Å²) < 4.78 is 2.67. The third-order valence-electron chi connectivity index (χ3n) is 4.33. The predicted molar refractivity (Wildman–Crippen MR) is 90.1 cm³/mol. The summed E-state index contributed by atoms with van der Waals surface area (Å²) in [4.78, 5) is 11.8. The lowest BCUT2D eigenvalue weighted by Crippen LogP contribution is -2.44. The van der Waals surface area contributed by atoms with Crippen LogP contribution in [-0.4, -0.2) is 34.7 Å². The Hall–Kier alpha value is -1.60. The van der Waals surface area contributed by atoms with E-state index in [1.807, 2.05) is 12.3 Å². The smallest absolute Gasteiger partial charge is 0.252 e. The fraction of sp³-hybridized carbons (Fsp3) is 0.467. The highest BCUT2D eigenvalue weighted by Crippen LogP contribution is 2.28. The van der Waals surface area contributed by atoms with Crippen molar-refractivity contribution in [1.82, 2.24) is 14.9 Å². The fourth-order valence-corrected chi connectivity index (χ4v) is 3.50. The number of hydrogen-bond acceptors (Lipinski definition) is 4. The Morgan fingerprint density at radius 3 is 3.18 bits per heavy atom. The number of carbonyl (C=O) groups is 1. The standard InChI is InChI=1S/C15H20BrN5O/c1-2-9-6-18-4-3-12(9)20-14-11(15(17)22)7-19-21-8-10(16)5-13(14)21/h5,7-9,12,18,20H,2-4,6H2,1H3,(H2,17,22)/t9-,12+/m0/s1. The van der Waals surface area contributed by atoms with Crippen molar-refractivity contribution in [2.24, 2.45) is 11.7 Å². The molecule has 118 valence electrons. The highest BCUT2D eigenvalue weighted by Gasteiger charge is 2.25. The number of halogens is 1. The summed E-state index contributed by atoms with van der Waals surface area (Å²) >= 11 is 3.46. The first-order chi connectivity index (χ1) is 10.6. The Bertz CT molecular complexity index is 699. The molecular formula is C15H20BrN5O. The molecule has 2 aromatic heterocycles. The van der Waals surface area contributed by atoms with Crippen molar-refractivity contribution in [1.29, 1.82) is 0 Å². The first-order valence-corrected chi connectivity index (χ1v) is 8.33. The average molecular weight is 366 g/mol. The molecule has 7 heteroatoms. The van der Waals surface area contributed by atoms with Crippen LogP contribution < -0.4 is 16.4 Å². The molecule has 1 fully saturated rings. The number of nitrogens with zero attached hydrogens (tertiary/aromatic N) is 2. The van der Waals surface area contributed by atoms with E-state index in [0.29, 0.717) is 17.5 Å². The molecule has 1 amide bonds. The molecular weight excluding hydrogens is 346 g/mol. The molecule has 2 aromatic rings. The monoisotopic (exact) mass is 365 g/mol. The molecule has 6 nitrogen and oxygen atoms in total. The van der Waals surface area contributed by atoms with Crippen LogP contribution >= 0.6 is 15.9 Å². The SMILES string of the molecule is CC[C@H]1CNCC[C@H]1Nc1c(C(N)=O)cnn2cc(Br)cc12. The number of carbonyl (C=O) groups excluding carboxylic acids is 1. The molecule has 0 aromatic carbocycles. The topological polar surface area (TPSA) is 84.5 Å². The van der Waals surface area contributed by atoms with Crippen molar-refractivity contribution in [2.45, 2.75) is 25.8 Å². The van der Waals surface area contributed by atoms with E-state index in [2.05, 4.69) is 38.6 Å². The number of hydrogen-bond donors (Lipinski definition) is 3. The molecule has 3 rings (SSSR count). The van der Waals surface area contributed by atoms with Gasteiger partial charge in [-0.25, -0.2) is 4.52 Å². The van der Waals surface area contributed by atoms with Gasteiger partial charge in [-0.05, 0) is 47.4 Å². The number of nitrogens with one attached hydrogen (secondary N) is 2. The molecule has 0 radical (unpaired) electrons. The third kappa shape index (κ3) is 2.83. The van der Waals surface area contributed by atoms with Gasteiger partial charge in [-0.15, -0.1) is 0 Å². The zero-order valence-electron chi connectivity index (χ0n) is 12.5.